The maximum Gasteiger partial charge on any atom is 0.220 e. The molecule has 4 nitrogen and oxygen atoms in total. The van der Waals surface area contributed by atoms with Crippen molar-refractivity contribution < 1.29 is 14.7 Å². The number of carboxylic acids is 1. The van der Waals surface area contributed by atoms with E-state index in [1.807, 2.05) is 13.8 Å². The highest BCUT2D eigenvalue weighted by atomic mass is 16.4. The monoisotopic (exact) mass is 214 g/mol. The number of aliphatic carboxylic acids is 1. The lowest BCUT2D eigenvalue weighted by Gasteiger charge is -2.19. The molecule has 0 spiro atoms. The summed E-state index contributed by atoms with van der Waals surface area (Å²) in [5.41, 5.74) is 5.18. The zero-order chi connectivity index (χ0) is 11.8. The second kappa shape index (κ2) is 7.26. The number of rotatable bonds is 8. The van der Waals surface area contributed by atoms with Crippen LogP contribution in [0.3, 0.4) is 0 Å². The first-order valence-corrected chi connectivity index (χ1v) is 5.53. The molecule has 0 aliphatic rings. The van der Waals surface area contributed by atoms with E-state index < -0.39 is 11.9 Å². The first-order valence-electron chi connectivity index (χ1n) is 5.53. The molecule has 0 heterocycles. The van der Waals surface area contributed by atoms with Crippen molar-refractivity contribution in [1.29, 1.82) is 0 Å². The average molecular weight is 214 g/mol. The highest BCUT2D eigenvalue weighted by Gasteiger charge is 2.16. The number of carboxylic acid groups (broad SMARTS) is 1. The molecule has 15 heavy (non-hydrogen) atoms. The summed E-state index contributed by atoms with van der Waals surface area (Å²) in [4.78, 5) is 21.7. The summed E-state index contributed by atoms with van der Waals surface area (Å²) < 4.78 is 0. The molecule has 88 valence electrons. The van der Waals surface area contributed by atoms with E-state index in [1.54, 1.807) is 0 Å². The second-order valence-corrected chi connectivity index (χ2v) is 3.89. The molecule has 4 heteroatoms. The van der Waals surface area contributed by atoms with Crippen molar-refractivity contribution in [2.45, 2.75) is 46.0 Å². The molecule has 0 aromatic rings. The Balaban J connectivity index is 4.07. The maximum atomic E-state index is 10.9. The van der Waals surface area contributed by atoms with E-state index in [0.29, 0.717) is 25.7 Å². The van der Waals surface area contributed by atoms with Crippen LogP contribution in [0.4, 0.5) is 0 Å². The number of carbonyl (C=O) groups is 2. The minimum absolute atomic E-state index is 0.205. The van der Waals surface area contributed by atoms with Crippen LogP contribution in [-0.4, -0.2) is 11.9 Å². The van der Waals surface area contributed by atoms with Gasteiger partial charge in [0.15, 0.2) is 0 Å². The van der Waals surface area contributed by atoms with Gasteiger partial charge in [0.25, 0.3) is 0 Å². The van der Waals surface area contributed by atoms with Crippen molar-refractivity contribution in [2.75, 3.05) is 0 Å². The fraction of sp³-hybridized carbons (Fsp3) is 0.818. The number of hydrogen-bond acceptors (Lipinski definition) is 3. The molecule has 0 bridgehead atoms. The zero-order valence-electron chi connectivity index (χ0n) is 9.49. The van der Waals surface area contributed by atoms with E-state index in [0.717, 1.165) is 6.42 Å². The van der Waals surface area contributed by atoms with Crippen molar-refractivity contribution >= 4 is 11.9 Å². The predicted molar refractivity (Wildman–Crippen MR) is 55.6 cm³/mol. The van der Waals surface area contributed by atoms with Crippen LogP contribution < -0.4 is 10.8 Å². The van der Waals surface area contributed by atoms with Gasteiger partial charge in [0.05, 0.1) is 0 Å². The lowest BCUT2D eigenvalue weighted by atomic mass is 9.91. The lowest BCUT2D eigenvalue weighted by molar-refractivity contribution is -0.312. The van der Waals surface area contributed by atoms with Crippen molar-refractivity contribution in [3.63, 3.8) is 0 Å². The quantitative estimate of drug-likeness (QED) is 0.636. The molecule has 0 aliphatic carbocycles. The molecule has 2 atom stereocenters. The standard InChI is InChI=1S/C11H21NO3/c1-3-5-9(11(14)15)7-6-8(4-2)10(12)13/h8-9H,3-7H2,1-2H3,(H2,12,13)(H,14,15)/p-1. The van der Waals surface area contributed by atoms with Gasteiger partial charge >= 0.3 is 0 Å². The third-order valence-electron chi connectivity index (χ3n) is 2.73. The summed E-state index contributed by atoms with van der Waals surface area (Å²) in [6, 6.07) is 0. The van der Waals surface area contributed by atoms with Crippen LogP contribution in [0.1, 0.15) is 46.0 Å². The molecular weight excluding hydrogens is 194 g/mol. The topological polar surface area (TPSA) is 83.2 Å². The largest absolute Gasteiger partial charge is 0.550 e. The summed E-state index contributed by atoms with van der Waals surface area (Å²) >= 11 is 0. The Morgan fingerprint density at radius 1 is 1.13 bits per heavy atom. The van der Waals surface area contributed by atoms with E-state index in [4.69, 9.17) is 5.73 Å². The van der Waals surface area contributed by atoms with Crippen LogP contribution >= 0.6 is 0 Å². The van der Waals surface area contributed by atoms with Crippen molar-refractivity contribution in [2.24, 2.45) is 17.6 Å². The van der Waals surface area contributed by atoms with Gasteiger partial charge < -0.3 is 15.6 Å². The van der Waals surface area contributed by atoms with E-state index in [-0.39, 0.29) is 11.8 Å². The zero-order valence-corrected chi connectivity index (χ0v) is 9.49. The Hall–Kier alpha value is -1.06. The van der Waals surface area contributed by atoms with Gasteiger partial charge in [-0.05, 0) is 31.6 Å². The second-order valence-electron chi connectivity index (χ2n) is 3.89. The Labute approximate surface area is 90.8 Å². The molecule has 0 saturated heterocycles. The maximum absolute atomic E-state index is 10.9. The van der Waals surface area contributed by atoms with Crippen molar-refractivity contribution in [3.8, 4) is 0 Å². The fourth-order valence-electron chi connectivity index (χ4n) is 1.68. The van der Waals surface area contributed by atoms with Gasteiger partial charge in [-0.3, -0.25) is 4.79 Å². The van der Waals surface area contributed by atoms with Gasteiger partial charge in [0.2, 0.25) is 5.91 Å². The third kappa shape index (κ3) is 5.40. The molecule has 2 unspecified atom stereocenters. The van der Waals surface area contributed by atoms with E-state index >= 15 is 0 Å². The molecule has 0 aromatic carbocycles. The molecular formula is C11H20NO3-. The van der Waals surface area contributed by atoms with Crippen LogP contribution in [0.5, 0.6) is 0 Å². The molecule has 0 aliphatic heterocycles. The minimum atomic E-state index is -1.02. The SMILES string of the molecule is CCCC(CCC(CC)C(N)=O)C(=O)[O-]. The normalized spacial score (nSPS) is 14.5. The van der Waals surface area contributed by atoms with E-state index in [2.05, 4.69) is 0 Å². The van der Waals surface area contributed by atoms with Gasteiger partial charge in [-0.25, -0.2) is 0 Å². The number of primary amides is 1. The summed E-state index contributed by atoms with van der Waals surface area (Å²) in [5.74, 6) is -2.01. The highest BCUT2D eigenvalue weighted by Crippen LogP contribution is 2.18. The summed E-state index contributed by atoms with van der Waals surface area (Å²) in [6.45, 7) is 3.81. The van der Waals surface area contributed by atoms with Gasteiger partial charge in [0, 0.05) is 11.9 Å². The Morgan fingerprint density at radius 3 is 2.00 bits per heavy atom. The first-order chi connectivity index (χ1) is 7.02. The Kier molecular flexibility index (Phi) is 6.75. The number of amides is 1. The predicted octanol–water partition coefficient (Wildman–Crippen LogP) is 0.444. The first kappa shape index (κ1) is 13.9. The highest BCUT2D eigenvalue weighted by molar-refractivity contribution is 5.76. The number of nitrogens with two attached hydrogens (primary N) is 1. The van der Waals surface area contributed by atoms with Crippen LogP contribution in [-0.2, 0) is 9.59 Å². The smallest absolute Gasteiger partial charge is 0.220 e. The third-order valence-corrected chi connectivity index (χ3v) is 2.73. The molecule has 1 amide bonds. The molecule has 0 saturated carbocycles. The van der Waals surface area contributed by atoms with Crippen LogP contribution in [0.15, 0.2) is 0 Å². The van der Waals surface area contributed by atoms with E-state index in [1.165, 1.54) is 0 Å². The van der Waals surface area contributed by atoms with Gasteiger partial charge in [-0.1, -0.05) is 20.3 Å². The van der Waals surface area contributed by atoms with Crippen molar-refractivity contribution in [3.05, 3.63) is 0 Å². The fourth-order valence-corrected chi connectivity index (χ4v) is 1.68. The summed E-state index contributed by atoms with van der Waals surface area (Å²) in [5, 5.41) is 10.7. The molecule has 2 N–H and O–H groups in total. The molecule has 0 fully saturated rings. The van der Waals surface area contributed by atoms with Gasteiger partial charge in [-0.2, -0.15) is 0 Å². The minimum Gasteiger partial charge on any atom is -0.550 e. The number of hydrogen-bond donors (Lipinski definition) is 1. The van der Waals surface area contributed by atoms with E-state index in [9.17, 15) is 14.7 Å². The number of carbonyl (C=O) groups excluding carboxylic acids is 2. The lowest BCUT2D eigenvalue weighted by Crippen LogP contribution is -2.32. The Morgan fingerprint density at radius 2 is 1.67 bits per heavy atom. The molecule has 0 aromatic heterocycles. The summed E-state index contributed by atoms with van der Waals surface area (Å²) in [7, 11) is 0. The van der Waals surface area contributed by atoms with Crippen LogP contribution in [0, 0.1) is 11.8 Å². The van der Waals surface area contributed by atoms with Crippen molar-refractivity contribution in [1.82, 2.24) is 0 Å². The van der Waals surface area contributed by atoms with Gasteiger partial charge in [0.1, 0.15) is 0 Å². The molecule has 0 rings (SSSR count). The summed E-state index contributed by atoms with van der Waals surface area (Å²) in [6.07, 6.45) is 3.12. The van der Waals surface area contributed by atoms with Crippen LogP contribution in [0.2, 0.25) is 0 Å². The van der Waals surface area contributed by atoms with Crippen LogP contribution in [0.25, 0.3) is 0 Å². The average Bonchev–Trinajstić information content (AvgIpc) is 2.16. The molecule has 0 radical (unpaired) electrons. The Bertz CT molecular complexity index is 216. The van der Waals surface area contributed by atoms with Gasteiger partial charge in [-0.15, -0.1) is 0 Å².